The molecule has 146 valence electrons. The fourth-order valence-electron chi connectivity index (χ4n) is 2.38. The number of thioether (sulfide) groups is 1. The average Bonchev–Trinajstić information content (AvgIpc) is 3.14. The van der Waals surface area contributed by atoms with E-state index in [1.54, 1.807) is 19.1 Å². The summed E-state index contributed by atoms with van der Waals surface area (Å²) in [6.45, 7) is 2.35. The van der Waals surface area contributed by atoms with E-state index in [1.165, 1.54) is 11.1 Å². The first-order chi connectivity index (χ1) is 13.6. The van der Waals surface area contributed by atoms with Gasteiger partial charge in [-0.25, -0.2) is 4.98 Å². The summed E-state index contributed by atoms with van der Waals surface area (Å²) in [6.07, 6.45) is 1.53. The van der Waals surface area contributed by atoms with Crippen LogP contribution in [0.4, 0.5) is 13.9 Å². The van der Waals surface area contributed by atoms with E-state index in [2.05, 4.69) is 15.2 Å². The first-order valence-corrected chi connectivity index (χ1v) is 10.00. The Kier molecular flexibility index (Phi) is 6.88. The summed E-state index contributed by atoms with van der Waals surface area (Å²) in [5.74, 6) is -2.80. The minimum absolute atomic E-state index is 0.0899. The minimum Gasteiger partial charge on any atom is -0.477 e. The molecule has 0 atom stereocenters. The fourth-order valence-corrected chi connectivity index (χ4v) is 3.83. The highest BCUT2D eigenvalue weighted by Gasteiger charge is 2.26. The summed E-state index contributed by atoms with van der Waals surface area (Å²) in [5.41, 5.74) is 1.12. The summed E-state index contributed by atoms with van der Waals surface area (Å²) in [4.78, 5) is 18.8. The topological polar surface area (TPSA) is 68.2 Å². The molecule has 1 aromatic carbocycles. The Labute approximate surface area is 168 Å². The van der Waals surface area contributed by atoms with Crippen LogP contribution in [0.25, 0.3) is 0 Å². The maximum absolute atomic E-state index is 13.3. The summed E-state index contributed by atoms with van der Waals surface area (Å²) < 4.78 is 30.8. The van der Waals surface area contributed by atoms with Gasteiger partial charge in [-0.3, -0.25) is 9.69 Å². The lowest BCUT2D eigenvalue weighted by atomic mass is 10.2. The van der Waals surface area contributed by atoms with Gasteiger partial charge in [0.15, 0.2) is 4.34 Å². The van der Waals surface area contributed by atoms with Gasteiger partial charge in [0.1, 0.15) is 5.56 Å². The summed E-state index contributed by atoms with van der Waals surface area (Å²) in [7, 11) is 0. The van der Waals surface area contributed by atoms with Gasteiger partial charge in [0.2, 0.25) is 11.0 Å². The van der Waals surface area contributed by atoms with E-state index >= 15 is 0 Å². The van der Waals surface area contributed by atoms with Crippen LogP contribution in [0.2, 0.25) is 0 Å². The van der Waals surface area contributed by atoms with Crippen molar-refractivity contribution in [1.29, 1.82) is 0 Å². The summed E-state index contributed by atoms with van der Waals surface area (Å²) in [6, 6.07) is 12.5. The van der Waals surface area contributed by atoms with Crippen molar-refractivity contribution in [1.82, 2.24) is 15.2 Å². The van der Waals surface area contributed by atoms with Gasteiger partial charge in [0.05, 0.1) is 13.2 Å². The van der Waals surface area contributed by atoms with Gasteiger partial charge in [0, 0.05) is 6.20 Å². The quantitative estimate of drug-likeness (QED) is 0.393. The van der Waals surface area contributed by atoms with Gasteiger partial charge < -0.3 is 4.74 Å². The van der Waals surface area contributed by atoms with Crippen LogP contribution in [0.15, 0.2) is 53.0 Å². The van der Waals surface area contributed by atoms with E-state index in [4.69, 9.17) is 4.74 Å². The normalized spacial score (nSPS) is 10.9. The van der Waals surface area contributed by atoms with E-state index < -0.39 is 11.7 Å². The zero-order valence-electron chi connectivity index (χ0n) is 14.8. The number of hydrogen-bond acceptors (Lipinski definition) is 7. The highest BCUT2D eigenvalue weighted by molar-refractivity contribution is 8.01. The molecule has 10 heteroatoms. The molecule has 0 fully saturated rings. The van der Waals surface area contributed by atoms with Crippen molar-refractivity contribution >= 4 is 34.1 Å². The third-order valence-corrected chi connectivity index (χ3v) is 5.27. The van der Waals surface area contributed by atoms with Crippen LogP contribution >= 0.6 is 23.1 Å². The van der Waals surface area contributed by atoms with Crippen LogP contribution in [0.3, 0.4) is 0 Å². The molecule has 0 saturated carbocycles. The molecule has 0 unspecified atom stereocenters. The summed E-state index contributed by atoms with van der Waals surface area (Å²) in [5, 5.41) is 7.94. The molecule has 3 aromatic rings. The van der Waals surface area contributed by atoms with E-state index in [1.807, 2.05) is 30.3 Å². The SMILES string of the molecule is CCOc1ncccc1C(=O)N(Cc1ccccc1)c1nnc(SC(F)F)s1. The Morgan fingerprint density at radius 3 is 2.71 bits per heavy atom. The molecule has 0 saturated heterocycles. The number of rotatable bonds is 8. The third-order valence-electron chi connectivity index (χ3n) is 3.53. The maximum atomic E-state index is 13.3. The highest BCUT2D eigenvalue weighted by atomic mass is 32.2. The van der Waals surface area contributed by atoms with Gasteiger partial charge >= 0.3 is 0 Å². The molecule has 0 aliphatic carbocycles. The fraction of sp³-hybridized carbons (Fsp3) is 0.222. The smallest absolute Gasteiger partial charge is 0.291 e. The standard InChI is InChI=1S/C18H16F2N4O2S2/c1-2-26-14-13(9-6-10-21-14)15(25)24(11-12-7-4-3-5-8-12)17-22-23-18(28-17)27-16(19)20/h3-10,16H,2,11H2,1H3. The minimum atomic E-state index is -2.61. The maximum Gasteiger partial charge on any atom is 0.291 e. The average molecular weight is 422 g/mol. The first kappa shape index (κ1) is 20.2. The van der Waals surface area contributed by atoms with Crippen LogP contribution in [-0.4, -0.2) is 33.5 Å². The lowest BCUT2D eigenvalue weighted by Crippen LogP contribution is -2.31. The highest BCUT2D eigenvalue weighted by Crippen LogP contribution is 2.33. The number of aromatic nitrogens is 3. The van der Waals surface area contributed by atoms with E-state index in [-0.39, 0.29) is 27.5 Å². The van der Waals surface area contributed by atoms with Gasteiger partial charge in [-0.05, 0) is 36.4 Å². The Bertz CT molecular complexity index is 925. The molecule has 0 N–H and O–H groups in total. The van der Waals surface area contributed by atoms with Crippen LogP contribution in [0.5, 0.6) is 5.88 Å². The number of benzene rings is 1. The van der Waals surface area contributed by atoms with Crippen LogP contribution in [0, 0.1) is 0 Å². The molecular formula is C18H16F2N4O2S2. The monoisotopic (exact) mass is 422 g/mol. The number of pyridine rings is 1. The van der Waals surface area contributed by atoms with E-state index in [9.17, 15) is 13.6 Å². The predicted octanol–water partition coefficient (Wildman–Crippen LogP) is 4.49. The largest absolute Gasteiger partial charge is 0.477 e. The summed E-state index contributed by atoms with van der Waals surface area (Å²) >= 11 is 1.23. The predicted molar refractivity (Wildman–Crippen MR) is 104 cm³/mol. The number of nitrogens with zero attached hydrogens (tertiary/aromatic N) is 4. The third kappa shape index (κ3) is 5.02. The molecule has 28 heavy (non-hydrogen) atoms. The Morgan fingerprint density at radius 1 is 1.21 bits per heavy atom. The molecule has 1 amide bonds. The number of alkyl halides is 2. The zero-order chi connectivity index (χ0) is 19.9. The van der Waals surface area contributed by atoms with Crippen molar-refractivity contribution in [3.8, 4) is 5.88 Å². The van der Waals surface area contributed by atoms with Crippen molar-refractivity contribution in [3.63, 3.8) is 0 Å². The molecule has 0 aliphatic rings. The number of carbonyl (C=O) groups is 1. The molecule has 0 aliphatic heterocycles. The Balaban J connectivity index is 1.96. The molecule has 2 heterocycles. The van der Waals surface area contributed by atoms with Crippen molar-refractivity contribution in [2.45, 2.75) is 23.6 Å². The van der Waals surface area contributed by atoms with Gasteiger partial charge in [0.25, 0.3) is 11.7 Å². The van der Waals surface area contributed by atoms with Crippen LogP contribution < -0.4 is 9.64 Å². The number of anilines is 1. The molecule has 0 radical (unpaired) electrons. The number of halogens is 2. The second-order valence-corrected chi connectivity index (χ2v) is 7.59. The second-order valence-electron chi connectivity index (χ2n) is 5.40. The molecule has 3 rings (SSSR count). The van der Waals surface area contributed by atoms with Gasteiger partial charge in [-0.1, -0.05) is 41.7 Å². The van der Waals surface area contributed by atoms with Gasteiger partial charge in [-0.15, -0.1) is 10.2 Å². The van der Waals surface area contributed by atoms with E-state index in [0.29, 0.717) is 18.4 Å². The second kappa shape index (κ2) is 9.56. The molecule has 6 nitrogen and oxygen atoms in total. The molecule has 0 bridgehead atoms. The van der Waals surface area contributed by atoms with Crippen molar-refractivity contribution < 1.29 is 18.3 Å². The Morgan fingerprint density at radius 2 is 2.00 bits per heavy atom. The first-order valence-electron chi connectivity index (χ1n) is 8.30. The zero-order valence-corrected chi connectivity index (χ0v) is 16.4. The van der Waals surface area contributed by atoms with Crippen molar-refractivity contribution in [2.24, 2.45) is 0 Å². The molecule has 0 spiro atoms. The Hall–Kier alpha value is -2.59. The molecular weight excluding hydrogens is 406 g/mol. The van der Waals surface area contributed by atoms with Crippen molar-refractivity contribution in [2.75, 3.05) is 11.5 Å². The lowest BCUT2D eigenvalue weighted by Gasteiger charge is -2.20. The van der Waals surface area contributed by atoms with Crippen molar-refractivity contribution in [3.05, 3.63) is 59.8 Å². The number of amides is 1. The number of hydrogen-bond donors (Lipinski definition) is 0. The van der Waals surface area contributed by atoms with E-state index in [0.717, 1.165) is 16.9 Å². The van der Waals surface area contributed by atoms with Crippen LogP contribution in [-0.2, 0) is 6.54 Å². The lowest BCUT2D eigenvalue weighted by molar-refractivity contribution is 0.0980. The number of ether oxygens (including phenoxy) is 1. The van der Waals surface area contributed by atoms with Gasteiger partial charge in [-0.2, -0.15) is 8.78 Å². The molecule has 2 aromatic heterocycles. The number of carbonyl (C=O) groups excluding carboxylic acids is 1. The van der Waals surface area contributed by atoms with Crippen LogP contribution in [0.1, 0.15) is 22.8 Å².